The first-order valence-corrected chi connectivity index (χ1v) is 7.80. The lowest BCUT2D eigenvalue weighted by Crippen LogP contribution is -2.50. The van der Waals surface area contributed by atoms with E-state index in [0.717, 1.165) is 30.5 Å². The zero-order valence-electron chi connectivity index (χ0n) is 12.3. The summed E-state index contributed by atoms with van der Waals surface area (Å²) in [5, 5.41) is 15.3. The third-order valence-electron chi connectivity index (χ3n) is 4.25. The topological polar surface area (TPSA) is 32.3 Å². The fraction of sp³-hybridized carbons (Fsp3) is 0.333. The van der Waals surface area contributed by atoms with Gasteiger partial charge in [-0.05, 0) is 42.6 Å². The second kappa shape index (κ2) is 7.47. The van der Waals surface area contributed by atoms with Crippen LogP contribution < -0.4 is 5.32 Å². The summed E-state index contributed by atoms with van der Waals surface area (Å²) in [4.78, 5) is 0. The number of benzene rings is 2. The van der Waals surface area contributed by atoms with E-state index in [1.807, 2.05) is 36.4 Å². The number of aliphatic hydroxyl groups is 1. The fourth-order valence-electron chi connectivity index (χ4n) is 3.30. The molecule has 1 saturated heterocycles. The third-order valence-corrected chi connectivity index (χ3v) is 4.48. The van der Waals surface area contributed by atoms with Gasteiger partial charge in [-0.3, -0.25) is 0 Å². The summed E-state index contributed by atoms with van der Waals surface area (Å²) < 4.78 is 0. The van der Waals surface area contributed by atoms with Crippen LogP contribution in [-0.2, 0) is 0 Å². The van der Waals surface area contributed by atoms with Gasteiger partial charge in [0.15, 0.2) is 0 Å². The SMILES string of the molecule is Cl.OC1(C(c2ccccc2)c2cccc(Cl)c2)CCCNC1. The van der Waals surface area contributed by atoms with Gasteiger partial charge in [0.25, 0.3) is 0 Å². The van der Waals surface area contributed by atoms with Gasteiger partial charge in [0.1, 0.15) is 0 Å². The fourth-order valence-corrected chi connectivity index (χ4v) is 3.50. The molecule has 4 heteroatoms. The smallest absolute Gasteiger partial charge is 0.0880 e. The first-order chi connectivity index (χ1) is 10.2. The molecule has 1 heterocycles. The monoisotopic (exact) mass is 337 g/mol. The molecule has 2 aromatic rings. The molecule has 3 rings (SSSR count). The summed E-state index contributed by atoms with van der Waals surface area (Å²) in [5.74, 6) is -0.0646. The van der Waals surface area contributed by atoms with Crippen LogP contribution in [0.2, 0.25) is 5.02 Å². The molecule has 0 amide bonds. The van der Waals surface area contributed by atoms with Crippen molar-refractivity contribution in [2.75, 3.05) is 13.1 Å². The standard InChI is InChI=1S/C18H20ClNO.ClH/c19-16-9-4-8-15(12-16)17(14-6-2-1-3-7-14)18(21)10-5-11-20-13-18;/h1-4,6-9,12,17,20-21H,5,10-11,13H2;1H. The first kappa shape index (κ1) is 17.3. The highest BCUT2D eigenvalue weighted by Gasteiger charge is 2.39. The van der Waals surface area contributed by atoms with E-state index < -0.39 is 5.60 Å². The zero-order chi connectivity index (χ0) is 14.7. The van der Waals surface area contributed by atoms with Gasteiger partial charge in [-0.15, -0.1) is 12.4 Å². The number of nitrogens with one attached hydrogen (secondary N) is 1. The van der Waals surface area contributed by atoms with Gasteiger partial charge in [0.2, 0.25) is 0 Å². The largest absolute Gasteiger partial charge is 0.388 e. The molecule has 0 bridgehead atoms. The molecule has 2 aromatic carbocycles. The molecular formula is C18H21Cl2NO. The normalized spacial score (nSPS) is 22.6. The summed E-state index contributed by atoms with van der Waals surface area (Å²) in [6.45, 7) is 1.58. The Bertz CT molecular complexity index is 597. The van der Waals surface area contributed by atoms with E-state index in [0.29, 0.717) is 11.6 Å². The highest BCUT2D eigenvalue weighted by Crippen LogP contribution is 2.39. The Kier molecular flexibility index (Phi) is 5.87. The first-order valence-electron chi connectivity index (χ1n) is 7.42. The van der Waals surface area contributed by atoms with E-state index in [1.165, 1.54) is 0 Å². The second-order valence-electron chi connectivity index (χ2n) is 5.78. The predicted molar refractivity (Wildman–Crippen MR) is 94.0 cm³/mol. The van der Waals surface area contributed by atoms with Crippen molar-refractivity contribution in [2.24, 2.45) is 0 Å². The maximum Gasteiger partial charge on any atom is 0.0880 e. The average Bonchev–Trinajstić information content (AvgIpc) is 2.49. The molecule has 2 N–H and O–H groups in total. The van der Waals surface area contributed by atoms with Crippen molar-refractivity contribution >= 4 is 24.0 Å². The summed E-state index contributed by atoms with van der Waals surface area (Å²) in [6, 6.07) is 18.0. The highest BCUT2D eigenvalue weighted by atomic mass is 35.5. The minimum absolute atomic E-state index is 0. The predicted octanol–water partition coefficient (Wildman–Crippen LogP) is 4.01. The summed E-state index contributed by atoms with van der Waals surface area (Å²) in [6.07, 6.45) is 1.78. The Labute approximate surface area is 142 Å². The molecule has 22 heavy (non-hydrogen) atoms. The second-order valence-corrected chi connectivity index (χ2v) is 6.22. The Balaban J connectivity index is 0.00000176. The van der Waals surface area contributed by atoms with Crippen molar-refractivity contribution < 1.29 is 5.11 Å². The van der Waals surface area contributed by atoms with Gasteiger partial charge < -0.3 is 10.4 Å². The molecule has 2 nitrogen and oxygen atoms in total. The van der Waals surface area contributed by atoms with Gasteiger partial charge in [-0.1, -0.05) is 54.1 Å². The average molecular weight is 338 g/mol. The molecule has 0 saturated carbocycles. The van der Waals surface area contributed by atoms with E-state index in [-0.39, 0.29) is 18.3 Å². The Morgan fingerprint density at radius 3 is 2.41 bits per heavy atom. The molecule has 1 aliphatic heterocycles. The molecule has 0 spiro atoms. The van der Waals surface area contributed by atoms with E-state index in [9.17, 15) is 5.11 Å². The van der Waals surface area contributed by atoms with E-state index in [2.05, 4.69) is 23.5 Å². The van der Waals surface area contributed by atoms with Gasteiger partial charge in [0, 0.05) is 17.5 Å². The highest BCUT2D eigenvalue weighted by molar-refractivity contribution is 6.30. The number of piperidine rings is 1. The van der Waals surface area contributed by atoms with Crippen molar-refractivity contribution in [1.82, 2.24) is 5.32 Å². The minimum Gasteiger partial charge on any atom is -0.388 e. The summed E-state index contributed by atoms with van der Waals surface area (Å²) in [7, 11) is 0. The van der Waals surface area contributed by atoms with Crippen molar-refractivity contribution in [3.05, 3.63) is 70.7 Å². The summed E-state index contributed by atoms with van der Waals surface area (Å²) >= 11 is 6.16. The van der Waals surface area contributed by atoms with Crippen LogP contribution >= 0.6 is 24.0 Å². The maximum absolute atomic E-state index is 11.2. The van der Waals surface area contributed by atoms with Crippen LogP contribution in [0.5, 0.6) is 0 Å². The number of rotatable bonds is 3. The van der Waals surface area contributed by atoms with E-state index in [4.69, 9.17) is 11.6 Å². The van der Waals surface area contributed by atoms with Crippen molar-refractivity contribution in [1.29, 1.82) is 0 Å². The lowest BCUT2D eigenvalue weighted by molar-refractivity contribution is 0.00122. The molecule has 0 aliphatic carbocycles. The van der Waals surface area contributed by atoms with Crippen molar-refractivity contribution in [3.63, 3.8) is 0 Å². The molecule has 2 unspecified atom stereocenters. The van der Waals surface area contributed by atoms with Crippen LogP contribution in [0.1, 0.15) is 29.9 Å². The van der Waals surface area contributed by atoms with Crippen molar-refractivity contribution in [2.45, 2.75) is 24.4 Å². The lowest BCUT2D eigenvalue weighted by atomic mass is 9.74. The van der Waals surface area contributed by atoms with Crippen LogP contribution in [-0.4, -0.2) is 23.8 Å². The van der Waals surface area contributed by atoms with Crippen LogP contribution in [0.15, 0.2) is 54.6 Å². The summed E-state index contributed by atoms with van der Waals surface area (Å²) in [5.41, 5.74) is 1.43. The number of halogens is 2. The quantitative estimate of drug-likeness (QED) is 0.886. The Morgan fingerprint density at radius 1 is 1.05 bits per heavy atom. The van der Waals surface area contributed by atoms with Gasteiger partial charge >= 0.3 is 0 Å². The van der Waals surface area contributed by atoms with E-state index in [1.54, 1.807) is 0 Å². The lowest BCUT2D eigenvalue weighted by Gasteiger charge is -2.40. The molecular weight excluding hydrogens is 317 g/mol. The molecule has 2 atom stereocenters. The van der Waals surface area contributed by atoms with Crippen LogP contribution in [0.3, 0.4) is 0 Å². The molecule has 0 radical (unpaired) electrons. The minimum atomic E-state index is -0.774. The van der Waals surface area contributed by atoms with Gasteiger partial charge in [-0.2, -0.15) is 0 Å². The molecule has 118 valence electrons. The van der Waals surface area contributed by atoms with Crippen LogP contribution in [0.25, 0.3) is 0 Å². The Morgan fingerprint density at radius 2 is 1.77 bits per heavy atom. The Hall–Kier alpha value is -1.06. The van der Waals surface area contributed by atoms with Crippen molar-refractivity contribution in [3.8, 4) is 0 Å². The van der Waals surface area contributed by atoms with Crippen LogP contribution in [0.4, 0.5) is 0 Å². The van der Waals surface area contributed by atoms with Gasteiger partial charge in [-0.25, -0.2) is 0 Å². The number of hydrogen-bond donors (Lipinski definition) is 2. The number of β-amino-alcohol motifs (C(OH)–C–C–N with tert-alkyl or cyclic N) is 1. The maximum atomic E-state index is 11.2. The number of hydrogen-bond acceptors (Lipinski definition) is 2. The van der Waals surface area contributed by atoms with Gasteiger partial charge in [0.05, 0.1) is 5.60 Å². The third kappa shape index (κ3) is 3.64. The molecule has 1 aliphatic rings. The molecule has 1 fully saturated rings. The van der Waals surface area contributed by atoms with Crippen LogP contribution in [0, 0.1) is 0 Å². The van der Waals surface area contributed by atoms with E-state index >= 15 is 0 Å². The molecule has 0 aromatic heterocycles. The zero-order valence-corrected chi connectivity index (χ0v) is 13.9.